The highest BCUT2D eigenvalue weighted by atomic mass is 31.2. The number of aromatic amines is 1. The van der Waals surface area contributed by atoms with Gasteiger partial charge in [0.25, 0.3) is 5.56 Å². The minimum absolute atomic E-state index is 0.150. The molecule has 3 heterocycles. The van der Waals surface area contributed by atoms with Gasteiger partial charge in [-0.15, -0.1) is 5.10 Å². The molecular formula is C26H30N5O9P. The SMILES string of the molecule is COC(=O)[C@H](C)NP(=O)(OC[C@H]1O[C@@H](c2ccc3c(=O)[nH]c(N)nn23)[C@](C)(O)[C@@H]1O)Oc1cccc2ccccc12. The number of aliphatic hydroxyl groups is 2. The summed E-state index contributed by atoms with van der Waals surface area (Å²) < 4.78 is 37.5. The smallest absolute Gasteiger partial charge is 0.459 e. The molecule has 15 heteroatoms. The highest BCUT2D eigenvalue weighted by Crippen LogP contribution is 2.49. The van der Waals surface area contributed by atoms with Crippen molar-refractivity contribution in [2.45, 2.75) is 43.8 Å². The zero-order valence-corrected chi connectivity index (χ0v) is 23.3. The second-order valence-corrected chi connectivity index (χ2v) is 11.5. The molecule has 1 saturated heterocycles. The van der Waals surface area contributed by atoms with E-state index in [1.807, 2.05) is 18.2 Å². The number of nitrogen functional groups attached to an aromatic ring is 1. The van der Waals surface area contributed by atoms with Gasteiger partial charge in [0.15, 0.2) is 0 Å². The Kier molecular flexibility index (Phi) is 7.64. The summed E-state index contributed by atoms with van der Waals surface area (Å²) in [5, 5.41) is 30.3. The number of nitrogens with one attached hydrogen (secondary N) is 2. The van der Waals surface area contributed by atoms with Crippen LogP contribution in [0.5, 0.6) is 5.75 Å². The maximum absolute atomic E-state index is 14.0. The third-order valence-electron chi connectivity index (χ3n) is 6.91. The lowest BCUT2D eigenvalue weighted by Crippen LogP contribution is -2.43. The number of ether oxygens (including phenoxy) is 2. The van der Waals surface area contributed by atoms with Gasteiger partial charge >= 0.3 is 13.7 Å². The number of rotatable bonds is 9. The van der Waals surface area contributed by atoms with Crippen molar-refractivity contribution in [2.24, 2.45) is 0 Å². The third-order valence-corrected chi connectivity index (χ3v) is 8.54. The van der Waals surface area contributed by atoms with Crippen molar-refractivity contribution in [2.75, 3.05) is 19.5 Å². The van der Waals surface area contributed by atoms with Gasteiger partial charge in [-0.1, -0.05) is 36.4 Å². The second kappa shape index (κ2) is 10.9. The number of aliphatic hydroxyl groups excluding tert-OH is 1. The van der Waals surface area contributed by atoms with Gasteiger partial charge in [0.05, 0.1) is 19.4 Å². The first-order chi connectivity index (χ1) is 19.4. The maximum Gasteiger partial charge on any atom is 0.459 e. The van der Waals surface area contributed by atoms with Gasteiger partial charge in [-0.25, -0.2) is 9.08 Å². The Labute approximate surface area is 233 Å². The van der Waals surface area contributed by atoms with Crippen molar-refractivity contribution < 1.29 is 38.1 Å². The summed E-state index contributed by atoms with van der Waals surface area (Å²) in [5.74, 6) is -0.644. The van der Waals surface area contributed by atoms with E-state index < -0.39 is 55.8 Å². The normalized spacial score (nSPS) is 24.8. The molecule has 0 radical (unpaired) electrons. The van der Waals surface area contributed by atoms with E-state index in [0.29, 0.717) is 5.39 Å². The maximum atomic E-state index is 14.0. The average molecular weight is 588 g/mol. The Balaban J connectivity index is 1.42. The number of esters is 1. The van der Waals surface area contributed by atoms with E-state index in [0.717, 1.165) is 5.39 Å². The molecule has 0 spiro atoms. The van der Waals surface area contributed by atoms with Crippen LogP contribution in [-0.2, 0) is 23.4 Å². The number of carbonyl (C=O) groups is 1. The first kappa shape index (κ1) is 28.7. The fourth-order valence-electron chi connectivity index (χ4n) is 4.79. The largest absolute Gasteiger partial charge is 0.468 e. The number of benzene rings is 2. The molecular weight excluding hydrogens is 557 g/mol. The van der Waals surface area contributed by atoms with E-state index >= 15 is 0 Å². The molecule has 1 aliphatic heterocycles. The highest BCUT2D eigenvalue weighted by Gasteiger charge is 2.54. The van der Waals surface area contributed by atoms with Crippen LogP contribution in [0.3, 0.4) is 0 Å². The Morgan fingerprint density at radius 2 is 2.00 bits per heavy atom. The molecule has 2 aromatic heterocycles. The van der Waals surface area contributed by atoms with Gasteiger partial charge in [-0.3, -0.25) is 19.1 Å². The minimum Gasteiger partial charge on any atom is -0.468 e. The number of fused-ring (bicyclic) bond motifs is 2. The van der Waals surface area contributed by atoms with E-state index in [1.165, 1.54) is 37.6 Å². The first-order valence-corrected chi connectivity index (χ1v) is 14.2. The lowest BCUT2D eigenvalue weighted by atomic mass is 9.91. The molecule has 0 saturated carbocycles. The summed E-state index contributed by atoms with van der Waals surface area (Å²) in [7, 11) is -3.14. The Morgan fingerprint density at radius 3 is 2.76 bits per heavy atom. The fourth-order valence-corrected chi connectivity index (χ4v) is 6.31. The molecule has 6 N–H and O–H groups in total. The molecule has 1 fully saturated rings. The summed E-state index contributed by atoms with van der Waals surface area (Å²) >= 11 is 0. The van der Waals surface area contributed by atoms with Crippen LogP contribution in [0.15, 0.2) is 59.4 Å². The Hall–Kier alpha value is -3.78. The molecule has 0 bridgehead atoms. The lowest BCUT2D eigenvalue weighted by Gasteiger charge is -2.27. The number of methoxy groups -OCH3 is 1. The number of anilines is 1. The molecule has 14 nitrogen and oxygen atoms in total. The summed E-state index contributed by atoms with van der Waals surface area (Å²) in [6, 6.07) is 14.3. The molecule has 0 aliphatic carbocycles. The van der Waals surface area contributed by atoms with Crippen molar-refractivity contribution in [1.82, 2.24) is 19.7 Å². The molecule has 218 valence electrons. The summed E-state index contributed by atoms with van der Waals surface area (Å²) in [5.41, 5.74) is 3.71. The van der Waals surface area contributed by atoms with Crippen molar-refractivity contribution in [3.05, 3.63) is 70.6 Å². The first-order valence-electron chi connectivity index (χ1n) is 12.6. The number of nitrogens with zero attached hydrogens (tertiary/aromatic N) is 2. The third kappa shape index (κ3) is 5.45. The fraction of sp³-hybridized carbons (Fsp3) is 0.346. The van der Waals surface area contributed by atoms with Crippen LogP contribution in [0.25, 0.3) is 16.3 Å². The van der Waals surface area contributed by atoms with Gasteiger partial charge in [0.2, 0.25) is 5.95 Å². The van der Waals surface area contributed by atoms with Gasteiger partial charge < -0.3 is 29.9 Å². The number of carbonyl (C=O) groups excluding carboxylic acids is 1. The van der Waals surface area contributed by atoms with Gasteiger partial charge in [0, 0.05) is 5.39 Å². The monoisotopic (exact) mass is 587 g/mol. The number of hydrogen-bond donors (Lipinski definition) is 5. The zero-order chi connectivity index (χ0) is 29.5. The van der Waals surface area contributed by atoms with Crippen molar-refractivity contribution in [3.8, 4) is 5.75 Å². The van der Waals surface area contributed by atoms with E-state index in [9.17, 15) is 24.4 Å². The van der Waals surface area contributed by atoms with Crippen LogP contribution in [0.2, 0.25) is 0 Å². The summed E-state index contributed by atoms with van der Waals surface area (Å²) in [6.07, 6.45) is -3.91. The van der Waals surface area contributed by atoms with Crippen molar-refractivity contribution in [1.29, 1.82) is 0 Å². The summed E-state index contributed by atoms with van der Waals surface area (Å²) in [4.78, 5) is 26.8. The van der Waals surface area contributed by atoms with Gasteiger partial charge in [-0.05, 0) is 37.4 Å². The molecule has 6 atom stereocenters. The molecule has 4 aromatic rings. The summed E-state index contributed by atoms with van der Waals surface area (Å²) in [6.45, 7) is 2.26. The average Bonchev–Trinajstić information content (AvgIpc) is 3.45. The molecule has 0 amide bonds. The molecule has 41 heavy (non-hydrogen) atoms. The van der Waals surface area contributed by atoms with Crippen LogP contribution >= 0.6 is 7.75 Å². The van der Waals surface area contributed by atoms with E-state index in [-0.39, 0.29) is 22.9 Å². The predicted molar refractivity (Wildman–Crippen MR) is 147 cm³/mol. The highest BCUT2D eigenvalue weighted by molar-refractivity contribution is 7.52. The molecule has 1 aliphatic rings. The standard InChI is InChI=1S/C26H30N5O9P/c1-14(24(34)37-3)30-41(36,40-19-10-6-8-15-7-4-5-9-16(15)19)38-13-20-21(32)26(2,35)22(39-20)17-11-12-18-23(33)28-25(27)29-31(17)18/h4-12,14,20-22,32,35H,13H2,1-3H3,(H,30,36)(H3,27,28,29,33)/t14-,20+,21+,22-,26+,41?/m0/s1. The zero-order valence-electron chi connectivity index (χ0n) is 22.4. The van der Waals surface area contributed by atoms with Gasteiger partial charge in [-0.2, -0.15) is 5.09 Å². The van der Waals surface area contributed by atoms with Crippen LogP contribution < -0.4 is 20.9 Å². The minimum atomic E-state index is -4.32. The van der Waals surface area contributed by atoms with Crippen LogP contribution in [0, 0.1) is 0 Å². The van der Waals surface area contributed by atoms with E-state index in [2.05, 4.69) is 15.2 Å². The number of H-pyrrole nitrogens is 1. The molecule has 1 unspecified atom stereocenters. The quantitative estimate of drug-likeness (QED) is 0.140. The van der Waals surface area contributed by atoms with E-state index in [4.69, 9.17) is 24.3 Å². The Bertz CT molecular complexity index is 1700. The number of hydrogen-bond acceptors (Lipinski definition) is 11. The van der Waals surface area contributed by atoms with Crippen molar-refractivity contribution >= 4 is 36.0 Å². The van der Waals surface area contributed by atoms with Gasteiger partial charge in [0.1, 0.15) is 41.2 Å². The predicted octanol–water partition coefficient (Wildman–Crippen LogP) is 1.66. The van der Waals surface area contributed by atoms with E-state index in [1.54, 1.807) is 24.3 Å². The van der Waals surface area contributed by atoms with Crippen LogP contribution in [0.1, 0.15) is 25.6 Å². The molecule has 2 aromatic carbocycles. The Morgan fingerprint density at radius 1 is 1.27 bits per heavy atom. The lowest BCUT2D eigenvalue weighted by molar-refractivity contribution is -0.142. The van der Waals surface area contributed by atoms with Crippen LogP contribution in [0.4, 0.5) is 5.95 Å². The number of nitrogens with two attached hydrogens (primary N) is 1. The van der Waals surface area contributed by atoms with Crippen LogP contribution in [-0.4, -0.2) is 68.3 Å². The molecule has 5 rings (SSSR count). The second-order valence-electron chi connectivity index (χ2n) is 9.86. The van der Waals surface area contributed by atoms with Crippen molar-refractivity contribution in [3.63, 3.8) is 0 Å². The topological polar surface area (TPSA) is 200 Å². The number of aromatic nitrogens is 3.